The molecule has 0 amide bonds. The summed E-state index contributed by atoms with van der Waals surface area (Å²) < 4.78 is 26.9. The Bertz CT molecular complexity index is 737. The normalized spacial score (nSPS) is 11.6. The van der Waals surface area contributed by atoms with Crippen molar-refractivity contribution in [2.24, 2.45) is 0 Å². The lowest BCUT2D eigenvalue weighted by atomic mass is 10.2. The smallest absolute Gasteiger partial charge is 0.242 e. The first-order valence-corrected chi connectivity index (χ1v) is 8.16. The standard InChI is InChI=1S/C13H12Cl2N2O3S/c14-11-6-12(15)13(5-9(11)8-18)21(19,20)17-7-10-3-1-2-4-16-10/h1-6,17-18H,7-8H2. The second-order valence-electron chi connectivity index (χ2n) is 4.18. The largest absolute Gasteiger partial charge is 0.392 e. The summed E-state index contributed by atoms with van der Waals surface area (Å²) in [5.74, 6) is 0. The van der Waals surface area contributed by atoms with Crippen LogP contribution in [0.4, 0.5) is 0 Å². The van der Waals surface area contributed by atoms with Crippen molar-refractivity contribution >= 4 is 33.2 Å². The predicted molar refractivity (Wildman–Crippen MR) is 80.6 cm³/mol. The average molecular weight is 347 g/mol. The second-order valence-corrected chi connectivity index (χ2v) is 6.73. The molecule has 0 radical (unpaired) electrons. The lowest BCUT2D eigenvalue weighted by Gasteiger charge is -2.10. The van der Waals surface area contributed by atoms with Crippen LogP contribution in [0.3, 0.4) is 0 Å². The molecule has 0 saturated heterocycles. The molecule has 0 saturated carbocycles. The van der Waals surface area contributed by atoms with Crippen LogP contribution >= 0.6 is 23.2 Å². The Morgan fingerprint density at radius 2 is 1.95 bits per heavy atom. The van der Waals surface area contributed by atoms with Crippen LogP contribution < -0.4 is 4.72 Å². The van der Waals surface area contributed by atoms with Crippen LogP contribution in [0.5, 0.6) is 0 Å². The third-order valence-electron chi connectivity index (χ3n) is 2.73. The lowest BCUT2D eigenvalue weighted by molar-refractivity contribution is 0.281. The first-order valence-electron chi connectivity index (χ1n) is 5.92. The summed E-state index contributed by atoms with van der Waals surface area (Å²) in [6, 6.07) is 7.75. The Labute approximate surface area is 132 Å². The minimum atomic E-state index is -3.83. The zero-order valence-electron chi connectivity index (χ0n) is 10.8. The number of aliphatic hydroxyl groups excluding tert-OH is 1. The van der Waals surface area contributed by atoms with Crippen molar-refractivity contribution in [1.29, 1.82) is 0 Å². The van der Waals surface area contributed by atoms with Crippen molar-refractivity contribution in [3.05, 3.63) is 57.8 Å². The maximum atomic E-state index is 12.3. The monoisotopic (exact) mass is 346 g/mol. The SMILES string of the molecule is O=S(=O)(NCc1ccccn1)c1cc(CO)c(Cl)cc1Cl. The predicted octanol–water partition coefficient (Wildman–Crippen LogP) is 2.36. The van der Waals surface area contributed by atoms with Gasteiger partial charge in [0.15, 0.2) is 0 Å². The van der Waals surface area contributed by atoms with E-state index in [1.165, 1.54) is 12.1 Å². The van der Waals surface area contributed by atoms with Crippen molar-refractivity contribution in [1.82, 2.24) is 9.71 Å². The highest BCUT2D eigenvalue weighted by molar-refractivity contribution is 7.89. The quantitative estimate of drug-likeness (QED) is 0.870. The minimum absolute atomic E-state index is 0.00859. The maximum absolute atomic E-state index is 12.3. The molecule has 5 nitrogen and oxygen atoms in total. The number of nitrogens with one attached hydrogen (secondary N) is 1. The van der Waals surface area contributed by atoms with E-state index in [4.69, 9.17) is 28.3 Å². The molecule has 2 N–H and O–H groups in total. The van der Waals surface area contributed by atoms with E-state index in [1.807, 2.05) is 0 Å². The summed E-state index contributed by atoms with van der Waals surface area (Å²) in [5.41, 5.74) is 0.868. The third kappa shape index (κ3) is 3.93. The molecule has 1 aromatic heterocycles. The van der Waals surface area contributed by atoms with Crippen LogP contribution in [-0.2, 0) is 23.2 Å². The molecule has 0 fully saturated rings. The summed E-state index contributed by atoms with van der Waals surface area (Å²) in [7, 11) is -3.83. The van der Waals surface area contributed by atoms with E-state index in [1.54, 1.807) is 24.4 Å². The van der Waals surface area contributed by atoms with Gasteiger partial charge in [-0.05, 0) is 29.8 Å². The summed E-state index contributed by atoms with van der Waals surface area (Å²) in [4.78, 5) is 3.89. The molecule has 1 heterocycles. The molecule has 0 aliphatic heterocycles. The van der Waals surface area contributed by atoms with E-state index in [0.717, 1.165) is 0 Å². The van der Waals surface area contributed by atoms with Crippen LogP contribution in [-0.4, -0.2) is 18.5 Å². The molecule has 0 aliphatic carbocycles. The van der Waals surface area contributed by atoms with Gasteiger partial charge >= 0.3 is 0 Å². The van der Waals surface area contributed by atoms with E-state index in [0.29, 0.717) is 11.3 Å². The molecule has 8 heteroatoms. The van der Waals surface area contributed by atoms with Gasteiger partial charge in [-0.15, -0.1) is 0 Å². The molecule has 0 aliphatic rings. The van der Waals surface area contributed by atoms with E-state index in [9.17, 15) is 8.42 Å². The number of benzene rings is 1. The number of hydrogen-bond donors (Lipinski definition) is 2. The van der Waals surface area contributed by atoms with Crippen molar-refractivity contribution < 1.29 is 13.5 Å². The Balaban J connectivity index is 2.27. The minimum Gasteiger partial charge on any atom is -0.392 e. The molecular weight excluding hydrogens is 335 g/mol. The molecule has 2 aromatic rings. The van der Waals surface area contributed by atoms with Gasteiger partial charge in [0, 0.05) is 11.2 Å². The highest BCUT2D eigenvalue weighted by atomic mass is 35.5. The van der Waals surface area contributed by atoms with E-state index in [-0.39, 0.29) is 28.1 Å². The van der Waals surface area contributed by atoms with Crippen LogP contribution in [0.15, 0.2) is 41.4 Å². The van der Waals surface area contributed by atoms with Crippen molar-refractivity contribution in [3.8, 4) is 0 Å². The number of pyridine rings is 1. The first kappa shape index (κ1) is 16.2. The van der Waals surface area contributed by atoms with Crippen LogP contribution in [0, 0.1) is 0 Å². The fraction of sp³-hybridized carbons (Fsp3) is 0.154. The van der Waals surface area contributed by atoms with Gasteiger partial charge in [-0.3, -0.25) is 4.98 Å². The van der Waals surface area contributed by atoms with Crippen molar-refractivity contribution in [3.63, 3.8) is 0 Å². The number of rotatable bonds is 5. The van der Waals surface area contributed by atoms with Gasteiger partial charge in [0.1, 0.15) is 4.90 Å². The van der Waals surface area contributed by atoms with Crippen LogP contribution in [0.2, 0.25) is 10.0 Å². The van der Waals surface area contributed by atoms with Gasteiger partial charge in [0.2, 0.25) is 10.0 Å². The van der Waals surface area contributed by atoms with Crippen molar-refractivity contribution in [2.45, 2.75) is 18.0 Å². The van der Waals surface area contributed by atoms with E-state index in [2.05, 4.69) is 9.71 Å². The molecular formula is C13H12Cl2N2O3S. The van der Waals surface area contributed by atoms with E-state index < -0.39 is 10.0 Å². The number of halogens is 2. The average Bonchev–Trinajstić information content (AvgIpc) is 2.46. The second kappa shape index (κ2) is 6.72. The Kier molecular flexibility index (Phi) is 5.18. The topological polar surface area (TPSA) is 79.3 Å². The molecule has 112 valence electrons. The summed E-state index contributed by atoms with van der Waals surface area (Å²) in [6.07, 6.45) is 1.57. The zero-order valence-corrected chi connectivity index (χ0v) is 13.1. The molecule has 0 unspecified atom stereocenters. The maximum Gasteiger partial charge on any atom is 0.242 e. The number of sulfonamides is 1. The highest BCUT2D eigenvalue weighted by Gasteiger charge is 2.20. The molecule has 2 rings (SSSR count). The number of aromatic nitrogens is 1. The van der Waals surface area contributed by atoms with Crippen LogP contribution in [0.25, 0.3) is 0 Å². The lowest BCUT2D eigenvalue weighted by Crippen LogP contribution is -2.24. The summed E-state index contributed by atoms with van der Waals surface area (Å²) >= 11 is 11.8. The van der Waals surface area contributed by atoms with Crippen molar-refractivity contribution in [2.75, 3.05) is 0 Å². The number of nitrogens with zero attached hydrogens (tertiary/aromatic N) is 1. The highest BCUT2D eigenvalue weighted by Crippen LogP contribution is 2.28. The third-order valence-corrected chi connectivity index (χ3v) is 4.95. The molecule has 0 spiro atoms. The summed E-state index contributed by atoms with van der Waals surface area (Å²) in [5, 5.41) is 9.36. The fourth-order valence-electron chi connectivity index (χ4n) is 1.65. The van der Waals surface area contributed by atoms with Gasteiger partial charge in [0.25, 0.3) is 0 Å². The zero-order chi connectivity index (χ0) is 15.5. The van der Waals surface area contributed by atoms with Crippen LogP contribution in [0.1, 0.15) is 11.3 Å². The first-order chi connectivity index (χ1) is 9.94. The molecule has 0 atom stereocenters. The van der Waals surface area contributed by atoms with Gasteiger partial charge in [-0.1, -0.05) is 29.3 Å². The van der Waals surface area contributed by atoms with Gasteiger partial charge in [-0.2, -0.15) is 0 Å². The summed E-state index contributed by atoms with van der Waals surface area (Å²) in [6.45, 7) is -0.338. The van der Waals surface area contributed by atoms with Gasteiger partial charge < -0.3 is 5.11 Å². The van der Waals surface area contributed by atoms with Gasteiger partial charge in [0.05, 0.1) is 23.9 Å². The van der Waals surface area contributed by atoms with E-state index >= 15 is 0 Å². The Hall–Kier alpha value is -1.18. The molecule has 21 heavy (non-hydrogen) atoms. The molecule has 0 bridgehead atoms. The fourth-order valence-corrected chi connectivity index (χ4v) is 3.50. The Morgan fingerprint density at radius 3 is 2.57 bits per heavy atom. The van der Waals surface area contributed by atoms with Gasteiger partial charge in [-0.25, -0.2) is 13.1 Å². The number of aliphatic hydroxyl groups is 1. The Morgan fingerprint density at radius 1 is 1.19 bits per heavy atom. The number of hydrogen-bond acceptors (Lipinski definition) is 4. The molecule has 1 aromatic carbocycles.